The van der Waals surface area contributed by atoms with Crippen LogP contribution in [0, 0.1) is 0 Å². The molecule has 1 amide bonds. The molecule has 1 fully saturated rings. The standard InChI is InChI=1S/C15H20N2O2/c1-17(14(18)15(16)6-7-15)10-11-4-5-13-12(9-11)3-2-8-19-13/h4-5,9H,2-3,6-8,10,16H2,1H3. The monoisotopic (exact) mass is 260 g/mol. The fourth-order valence-corrected chi connectivity index (χ4v) is 2.59. The number of ether oxygens (including phenoxy) is 1. The van der Waals surface area contributed by atoms with Gasteiger partial charge in [-0.25, -0.2) is 0 Å². The van der Waals surface area contributed by atoms with Gasteiger partial charge in [-0.1, -0.05) is 12.1 Å². The Labute approximate surface area is 113 Å². The van der Waals surface area contributed by atoms with Crippen LogP contribution in [0.4, 0.5) is 0 Å². The first-order chi connectivity index (χ1) is 9.08. The van der Waals surface area contributed by atoms with Crippen molar-refractivity contribution in [2.75, 3.05) is 13.7 Å². The maximum absolute atomic E-state index is 12.1. The third-order valence-corrected chi connectivity index (χ3v) is 3.95. The number of hydrogen-bond donors (Lipinski definition) is 1. The van der Waals surface area contributed by atoms with Gasteiger partial charge in [-0.3, -0.25) is 4.79 Å². The molecule has 0 aromatic heterocycles. The number of hydrogen-bond acceptors (Lipinski definition) is 3. The molecule has 1 aromatic carbocycles. The summed E-state index contributed by atoms with van der Waals surface area (Å²) in [5.74, 6) is 1.04. The molecule has 0 radical (unpaired) electrons. The Morgan fingerprint density at radius 1 is 1.47 bits per heavy atom. The number of nitrogens with zero attached hydrogens (tertiary/aromatic N) is 1. The Morgan fingerprint density at radius 3 is 3.00 bits per heavy atom. The molecule has 0 atom stereocenters. The van der Waals surface area contributed by atoms with E-state index in [0.29, 0.717) is 6.54 Å². The summed E-state index contributed by atoms with van der Waals surface area (Å²) in [6.07, 6.45) is 3.75. The highest BCUT2D eigenvalue weighted by Crippen LogP contribution is 2.34. The predicted molar refractivity (Wildman–Crippen MR) is 72.9 cm³/mol. The largest absolute Gasteiger partial charge is 0.493 e. The van der Waals surface area contributed by atoms with Crippen molar-refractivity contribution in [1.29, 1.82) is 0 Å². The first-order valence-corrected chi connectivity index (χ1v) is 6.87. The van der Waals surface area contributed by atoms with E-state index in [1.807, 2.05) is 19.2 Å². The van der Waals surface area contributed by atoms with Crippen LogP contribution in [0.5, 0.6) is 5.75 Å². The van der Waals surface area contributed by atoms with Crippen LogP contribution in [-0.2, 0) is 17.8 Å². The molecule has 1 aromatic rings. The molecule has 1 aliphatic heterocycles. The number of amides is 1. The summed E-state index contributed by atoms with van der Waals surface area (Å²) in [7, 11) is 1.82. The van der Waals surface area contributed by atoms with Crippen LogP contribution >= 0.6 is 0 Å². The van der Waals surface area contributed by atoms with Crippen molar-refractivity contribution in [2.24, 2.45) is 5.73 Å². The molecular weight excluding hydrogens is 240 g/mol. The molecular formula is C15H20N2O2. The molecule has 2 aliphatic rings. The molecule has 1 aliphatic carbocycles. The third kappa shape index (κ3) is 2.45. The van der Waals surface area contributed by atoms with Crippen molar-refractivity contribution < 1.29 is 9.53 Å². The fourth-order valence-electron chi connectivity index (χ4n) is 2.59. The number of carbonyl (C=O) groups excluding carboxylic acids is 1. The lowest BCUT2D eigenvalue weighted by atomic mass is 10.0. The molecule has 0 bridgehead atoms. The second-order valence-corrected chi connectivity index (χ2v) is 5.71. The fraction of sp³-hybridized carbons (Fsp3) is 0.533. The summed E-state index contributed by atoms with van der Waals surface area (Å²) in [6.45, 7) is 1.42. The Bertz CT molecular complexity index is 509. The molecule has 4 nitrogen and oxygen atoms in total. The van der Waals surface area contributed by atoms with Gasteiger partial charge >= 0.3 is 0 Å². The van der Waals surface area contributed by atoms with E-state index in [9.17, 15) is 4.79 Å². The van der Waals surface area contributed by atoms with Crippen molar-refractivity contribution in [2.45, 2.75) is 37.8 Å². The molecule has 102 valence electrons. The van der Waals surface area contributed by atoms with E-state index in [1.54, 1.807) is 4.90 Å². The zero-order valence-corrected chi connectivity index (χ0v) is 11.3. The van der Waals surface area contributed by atoms with Crippen LogP contribution in [0.3, 0.4) is 0 Å². The molecule has 4 heteroatoms. The minimum atomic E-state index is -0.577. The Morgan fingerprint density at radius 2 is 2.26 bits per heavy atom. The van der Waals surface area contributed by atoms with Crippen molar-refractivity contribution in [3.05, 3.63) is 29.3 Å². The number of carbonyl (C=O) groups is 1. The molecule has 1 saturated carbocycles. The van der Waals surface area contributed by atoms with Crippen molar-refractivity contribution >= 4 is 5.91 Å². The van der Waals surface area contributed by atoms with Gasteiger partial charge in [0.05, 0.1) is 12.1 Å². The average Bonchev–Trinajstić information content (AvgIpc) is 3.17. The first kappa shape index (κ1) is 12.5. The summed E-state index contributed by atoms with van der Waals surface area (Å²) in [5.41, 5.74) is 7.76. The summed E-state index contributed by atoms with van der Waals surface area (Å²) in [5, 5.41) is 0. The summed E-state index contributed by atoms with van der Waals surface area (Å²) < 4.78 is 5.59. The van der Waals surface area contributed by atoms with Gasteiger partial charge in [-0.05, 0) is 42.9 Å². The minimum absolute atomic E-state index is 0.0569. The van der Waals surface area contributed by atoms with Crippen molar-refractivity contribution in [3.63, 3.8) is 0 Å². The van der Waals surface area contributed by atoms with Crippen LogP contribution in [-0.4, -0.2) is 30.0 Å². The van der Waals surface area contributed by atoms with Gasteiger partial charge in [-0.15, -0.1) is 0 Å². The molecule has 2 N–H and O–H groups in total. The van der Waals surface area contributed by atoms with E-state index >= 15 is 0 Å². The van der Waals surface area contributed by atoms with Gasteiger partial charge in [0, 0.05) is 13.6 Å². The van der Waals surface area contributed by atoms with E-state index in [-0.39, 0.29) is 5.91 Å². The normalized spacial score (nSPS) is 19.3. The lowest BCUT2D eigenvalue weighted by molar-refractivity contribution is -0.132. The van der Waals surface area contributed by atoms with E-state index < -0.39 is 5.54 Å². The van der Waals surface area contributed by atoms with Gasteiger partial charge in [0.25, 0.3) is 0 Å². The van der Waals surface area contributed by atoms with Crippen LogP contribution < -0.4 is 10.5 Å². The highest BCUT2D eigenvalue weighted by molar-refractivity contribution is 5.88. The van der Waals surface area contributed by atoms with E-state index in [4.69, 9.17) is 10.5 Å². The van der Waals surface area contributed by atoms with Gasteiger partial charge in [0.15, 0.2) is 0 Å². The van der Waals surface area contributed by atoms with E-state index in [1.165, 1.54) is 5.56 Å². The summed E-state index contributed by atoms with van der Waals surface area (Å²) in [6, 6.07) is 6.19. The summed E-state index contributed by atoms with van der Waals surface area (Å²) in [4.78, 5) is 13.8. The highest BCUT2D eigenvalue weighted by atomic mass is 16.5. The minimum Gasteiger partial charge on any atom is -0.493 e. The lowest BCUT2D eigenvalue weighted by Crippen LogP contribution is -2.43. The number of nitrogens with two attached hydrogens (primary N) is 1. The SMILES string of the molecule is CN(Cc1ccc2c(c1)CCCO2)C(=O)C1(N)CC1. The van der Waals surface area contributed by atoms with E-state index in [0.717, 1.165) is 43.6 Å². The topological polar surface area (TPSA) is 55.6 Å². The molecule has 3 rings (SSSR count). The van der Waals surface area contributed by atoms with Gasteiger partial charge in [-0.2, -0.15) is 0 Å². The molecule has 0 spiro atoms. The maximum Gasteiger partial charge on any atom is 0.242 e. The predicted octanol–water partition coefficient (Wildman–Crippen LogP) is 1.46. The lowest BCUT2D eigenvalue weighted by Gasteiger charge is -2.22. The zero-order valence-electron chi connectivity index (χ0n) is 11.3. The van der Waals surface area contributed by atoms with Crippen LogP contribution in [0.15, 0.2) is 18.2 Å². The van der Waals surface area contributed by atoms with Gasteiger partial charge in [0.1, 0.15) is 5.75 Å². The number of rotatable bonds is 3. The second-order valence-electron chi connectivity index (χ2n) is 5.71. The van der Waals surface area contributed by atoms with Crippen molar-refractivity contribution in [1.82, 2.24) is 4.90 Å². The maximum atomic E-state index is 12.1. The quantitative estimate of drug-likeness (QED) is 0.895. The van der Waals surface area contributed by atoms with Crippen LogP contribution in [0.1, 0.15) is 30.4 Å². The molecule has 1 heterocycles. The number of fused-ring (bicyclic) bond motifs is 1. The Hall–Kier alpha value is -1.55. The van der Waals surface area contributed by atoms with Gasteiger partial charge < -0.3 is 15.4 Å². The number of likely N-dealkylation sites (N-methyl/N-ethyl adjacent to an activating group) is 1. The third-order valence-electron chi connectivity index (χ3n) is 3.95. The molecule has 19 heavy (non-hydrogen) atoms. The molecule has 0 unspecified atom stereocenters. The first-order valence-electron chi connectivity index (χ1n) is 6.87. The summed E-state index contributed by atoms with van der Waals surface area (Å²) >= 11 is 0. The number of benzene rings is 1. The van der Waals surface area contributed by atoms with Crippen LogP contribution in [0.25, 0.3) is 0 Å². The average molecular weight is 260 g/mol. The van der Waals surface area contributed by atoms with Crippen LogP contribution in [0.2, 0.25) is 0 Å². The Balaban J connectivity index is 1.71. The van der Waals surface area contributed by atoms with Gasteiger partial charge in [0.2, 0.25) is 5.91 Å². The smallest absolute Gasteiger partial charge is 0.242 e. The highest BCUT2D eigenvalue weighted by Gasteiger charge is 2.47. The van der Waals surface area contributed by atoms with E-state index in [2.05, 4.69) is 6.07 Å². The number of aryl methyl sites for hydroxylation is 1. The second kappa shape index (κ2) is 4.53. The molecule has 0 saturated heterocycles. The Kier molecular flexibility index (Phi) is 2.97. The zero-order chi connectivity index (χ0) is 13.5. The van der Waals surface area contributed by atoms with Crippen molar-refractivity contribution in [3.8, 4) is 5.75 Å².